The molecule has 2 atom stereocenters. The minimum atomic E-state index is 0.304. The molecule has 0 saturated heterocycles. The maximum Gasteiger partial charge on any atom is 0.0242 e. The second-order valence-electron chi connectivity index (χ2n) is 1.73. The molecule has 0 radical (unpaired) electrons. The molecule has 0 nitrogen and oxygen atoms in total. The van der Waals surface area contributed by atoms with Gasteiger partial charge in [-0.15, -0.1) is 0 Å². The molecule has 0 amide bonds. The summed E-state index contributed by atoms with van der Waals surface area (Å²) < 4.78 is 14.1. The topological polar surface area (TPSA) is 0 Å². The molecule has 9 heavy (non-hydrogen) atoms. The van der Waals surface area contributed by atoms with Crippen LogP contribution in [0.1, 0.15) is 16.5 Å². The fourth-order valence-corrected chi connectivity index (χ4v) is 2.09. The normalized spacial score (nSPS) is 20.2. The zero-order chi connectivity index (χ0) is 8.69. The average Bonchev–Trinajstić information content (AvgIpc) is 2.04. The second kappa shape index (κ2) is 6.05. The van der Waals surface area contributed by atoms with Gasteiger partial charge in [-0.1, -0.05) is 45.7 Å². The minimum Gasteiger partial charge on any atom is -0.160 e. The minimum absolute atomic E-state index is 0.304. The van der Waals surface area contributed by atoms with Crippen LogP contribution in [0, 0.1) is 0 Å². The van der Waals surface area contributed by atoms with Crippen molar-refractivity contribution in [3.8, 4) is 0 Å². The summed E-state index contributed by atoms with van der Waals surface area (Å²) in [4.78, 5) is 0.607. The first-order valence-electron chi connectivity index (χ1n) is 4.06. The Balaban J connectivity index is 3.13. The molecule has 0 aliphatic heterocycles. The van der Waals surface area contributed by atoms with Crippen molar-refractivity contribution in [3.63, 3.8) is 0 Å². The zero-order valence-corrected chi connectivity index (χ0v) is 9.14. The van der Waals surface area contributed by atoms with Crippen LogP contribution in [0.2, 0.25) is 0 Å². The van der Waals surface area contributed by atoms with E-state index in [2.05, 4.69) is 31.9 Å². The lowest BCUT2D eigenvalue weighted by Gasteiger charge is -2.03. The molecule has 0 heterocycles. The van der Waals surface area contributed by atoms with Gasteiger partial charge in [0, 0.05) is 23.9 Å². The third-order valence-electron chi connectivity index (χ3n) is 0.597. The van der Waals surface area contributed by atoms with Crippen molar-refractivity contribution in [3.05, 3.63) is 0 Å². The lowest BCUT2D eigenvalue weighted by molar-refractivity contribution is 1.12. The first-order valence-corrected chi connectivity index (χ1v) is 5.63. The molecule has 0 N–H and O–H groups in total. The fraction of sp³-hybridized carbons (Fsp3) is 1.00. The van der Waals surface area contributed by atoms with Crippen molar-refractivity contribution in [1.29, 1.82) is 0 Å². The lowest BCUT2D eigenvalue weighted by atomic mass is 10.6. The van der Waals surface area contributed by atoms with Crippen LogP contribution in [-0.4, -0.2) is 21.2 Å². The Morgan fingerprint density at radius 2 is 1.78 bits per heavy atom. The van der Waals surface area contributed by atoms with Gasteiger partial charge in [0.15, 0.2) is 0 Å². The van der Waals surface area contributed by atoms with E-state index < -0.39 is 0 Å². The molecule has 0 aromatic rings. The third-order valence-corrected chi connectivity index (χ3v) is 3.38. The van der Waals surface area contributed by atoms with E-state index in [1.807, 2.05) is 0 Å². The SMILES string of the molecule is [2H]CC(Br)CSCC(Br)C[2H]. The van der Waals surface area contributed by atoms with Gasteiger partial charge in [0.2, 0.25) is 0 Å². The molecule has 0 rings (SSSR count). The van der Waals surface area contributed by atoms with Gasteiger partial charge in [-0.3, -0.25) is 0 Å². The molecule has 0 aromatic carbocycles. The Kier molecular flexibility index (Phi) is 4.69. The summed E-state index contributed by atoms with van der Waals surface area (Å²) in [7, 11) is 0. The van der Waals surface area contributed by atoms with E-state index in [0.29, 0.717) is 23.5 Å². The Labute approximate surface area is 81.2 Å². The molecular formula is C6H12Br2S. The molecule has 2 unspecified atom stereocenters. The van der Waals surface area contributed by atoms with Crippen LogP contribution in [0.25, 0.3) is 0 Å². The van der Waals surface area contributed by atoms with Crippen molar-refractivity contribution in [2.45, 2.75) is 23.5 Å². The molecule has 0 saturated carbocycles. The van der Waals surface area contributed by atoms with E-state index >= 15 is 0 Å². The van der Waals surface area contributed by atoms with Gasteiger partial charge in [-0.2, -0.15) is 11.8 Å². The summed E-state index contributed by atoms with van der Waals surface area (Å²) in [6.07, 6.45) is 0. The van der Waals surface area contributed by atoms with E-state index in [1.54, 1.807) is 11.8 Å². The summed E-state index contributed by atoms with van der Waals surface area (Å²) in [5, 5.41) is 0. The van der Waals surface area contributed by atoms with Crippen molar-refractivity contribution >= 4 is 43.6 Å². The highest BCUT2D eigenvalue weighted by Crippen LogP contribution is 2.13. The quantitative estimate of drug-likeness (QED) is 0.711. The predicted octanol–water partition coefficient (Wildman–Crippen LogP) is 3.29. The van der Waals surface area contributed by atoms with Crippen molar-refractivity contribution in [2.75, 3.05) is 11.5 Å². The van der Waals surface area contributed by atoms with E-state index in [1.165, 1.54) is 0 Å². The number of hydrogen-bond acceptors (Lipinski definition) is 1. The number of thioether (sulfide) groups is 1. The predicted molar refractivity (Wildman–Crippen MR) is 54.1 cm³/mol. The molecule has 0 aliphatic rings. The maximum absolute atomic E-state index is 7.03. The van der Waals surface area contributed by atoms with Crippen molar-refractivity contribution < 1.29 is 2.74 Å². The van der Waals surface area contributed by atoms with E-state index in [4.69, 9.17) is 2.74 Å². The Bertz CT molecular complexity index is 84.7. The number of hydrogen-bond donors (Lipinski definition) is 0. The fourth-order valence-electron chi connectivity index (χ4n) is 0.324. The molecular weight excluding hydrogens is 264 g/mol. The highest BCUT2D eigenvalue weighted by atomic mass is 79.9. The largest absolute Gasteiger partial charge is 0.160 e. The average molecular weight is 278 g/mol. The monoisotopic (exact) mass is 276 g/mol. The van der Waals surface area contributed by atoms with Crippen LogP contribution in [0.5, 0.6) is 0 Å². The summed E-state index contributed by atoms with van der Waals surface area (Å²) >= 11 is 8.54. The van der Waals surface area contributed by atoms with Gasteiger partial charge < -0.3 is 0 Å². The van der Waals surface area contributed by atoms with Crippen LogP contribution in [0.3, 0.4) is 0 Å². The van der Waals surface area contributed by atoms with Gasteiger partial charge in [-0.05, 0) is 0 Å². The van der Waals surface area contributed by atoms with Gasteiger partial charge >= 0.3 is 0 Å². The highest BCUT2D eigenvalue weighted by Gasteiger charge is 1.98. The van der Waals surface area contributed by atoms with E-state index in [-0.39, 0.29) is 0 Å². The number of halogens is 2. The van der Waals surface area contributed by atoms with Crippen LogP contribution in [-0.2, 0) is 0 Å². The van der Waals surface area contributed by atoms with Crippen LogP contribution in [0.15, 0.2) is 0 Å². The molecule has 0 bridgehead atoms. The van der Waals surface area contributed by atoms with Crippen LogP contribution < -0.4 is 0 Å². The summed E-state index contributed by atoms with van der Waals surface area (Å²) in [5.41, 5.74) is 0. The lowest BCUT2D eigenvalue weighted by Crippen LogP contribution is -1.99. The third kappa shape index (κ3) is 9.31. The van der Waals surface area contributed by atoms with Gasteiger partial charge in [0.05, 0.1) is 0 Å². The Hall–Kier alpha value is 1.31. The molecule has 0 spiro atoms. The molecule has 0 aromatic heterocycles. The number of alkyl halides is 2. The molecule has 0 aliphatic carbocycles. The van der Waals surface area contributed by atoms with Gasteiger partial charge in [-0.25, -0.2) is 0 Å². The molecule has 56 valence electrons. The van der Waals surface area contributed by atoms with Crippen LogP contribution in [0.4, 0.5) is 0 Å². The Morgan fingerprint density at radius 3 is 2.11 bits per heavy atom. The van der Waals surface area contributed by atoms with Crippen molar-refractivity contribution in [1.82, 2.24) is 0 Å². The van der Waals surface area contributed by atoms with Gasteiger partial charge in [0.25, 0.3) is 0 Å². The first-order chi connectivity index (χ1) is 5.20. The first kappa shape index (κ1) is 6.99. The standard InChI is InChI=1S/C6H12Br2S/c1-5(7)3-9-4-6(2)8/h5-6H,3-4H2,1-2H3/i1D,2D. The van der Waals surface area contributed by atoms with Crippen molar-refractivity contribution in [2.24, 2.45) is 0 Å². The zero-order valence-electron chi connectivity index (χ0n) is 7.15. The molecule has 0 fully saturated rings. The summed E-state index contributed by atoms with van der Waals surface area (Å²) in [5.74, 6) is 1.93. The second-order valence-corrected chi connectivity index (χ2v) is 5.40. The van der Waals surface area contributed by atoms with Crippen LogP contribution >= 0.6 is 43.6 Å². The smallest absolute Gasteiger partial charge is 0.0242 e. The van der Waals surface area contributed by atoms with Gasteiger partial charge in [0.1, 0.15) is 0 Å². The molecule has 3 heteroatoms. The van der Waals surface area contributed by atoms with E-state index in [0.717, 1.165) is 11.5 Å². The number of rotatable bonds is 4. The summed E-state index contributed by atoms with van der Waals surface area (Å²) in [6, 6.07) is 0. The maximum atomic E-state index is 7.03. The highest BCUT2D eigenvalue weighted by molar-refractivity contribution is 9.10. The summed E-state index contributed by atoms with van der Waals surface area (Å²) in [6.45, 7) is 0.863. The van der Waals surface area contributed by atoms with E-state index in [9.17, 15) is 0 Å². The Morgan fingerprint density at radius 1 is 1.33 bits per heavy atom.